The first-order valence-electron chi connectivity index (χ1n) is 9.98. The molecule has 3 amide bonds. The molecule has 180 valence electrons. The summed E-state index contributed by atoms with van der Waals surface area (Å²) in [6, 6.07) is 3.07. The van der Waals surface area contributed by atoms with Crippen molar-refractivity contribution < 1.29 is 24.3 Å². The predicted octanol–water partition coefficient (Wildman–Crippen LogP) is -0.634. The van der Waals surface area contributed by atoms with Crippen LogP contribution in [0.4, 0.5) is 0 Å². The van der Waals surface area contributed by atoms with Crippen LogP contribution in [-0.4, -0.2) is 75.2 Å². The second-order valence-electron chi connectivity index (χ2n) is 7.24. The van der Waals surface area contributed by atoms with E-state index in [2.05, 4.69) is 58.8 Å². The molecule has 4 unspecified atom stereocenters. The van der Waals surface area contributed by atoms with E-state index in [1.165, 1.54) is 0 Å². The van der Waals surface area contributed by atoms with E-state index in [1.54, 1.807) is 6.20 Å². The van der Waals surface area contributed by atoms with E-state index < -0.39 is 47.9 Å². The molecule has 7 N–H and O–H groups in total. The molecule has 0 bridgehead atoms. The number of carboxylic acids is 1. The van der Waals surface area contributed by atoms with Gasteiger partial charge in [-0.05, 0) is 11.6 Å². The number of rotatable bonds is 12. The Bertz CT molecular complexity index is 1000. The standard InChI is InChI=1S/C20H27N5O5S3/c21-12(7-31)17(26)24-15(8-32)19(28)23-14(18(27)25-16(9-33)20(29)30)5-10-6-22-13-4-2-1-3-11(10)13/h1-4,6,12,14-16,22,31-33H,5,7-9,21H2,(H,23,28)(H,24,26)(H,25,27)(H,29,30). The number of hydrogen-bond donors (Lipinski definition) is 9. The van der Waals surface area contributed by atoms with Gasteiger partial charge in [0.15, 0.2) is 0 Å². The maximum absolute atomic E-state index is 12.9. The Morgan fingerprint density at radius 1 is 0.879 bits per heavy atom. The van der Waals surface area contributed by atoms with E-state index in [-0.39, 0.29) is 23.7 Å². The number of carbonyl (C=O) groups is 4. The molecule has 0 fully saturated rings. The Hall–Kier alpha value is -2.35. The minimum absolute atomic E-state index is 0.0489. The Morgan fingerprint density at radius 3 is 2.06 bits per heavy atom. The van der Waals surface area contributed by atoms with Crippen LogP contribution in [0.1, 0.15) is 5.56 Å². The lowest BCUT2D eigenvalue weighted by Gasteiger charge is -2.24. The van der Waals surface area contributed by atoms with Gasteiger partial charge in [-0.3, -0.25) is 14.4 Å². The zero-order valence-corrected chi connectivity index (χ0v) is 20.2. The fraction of sp³-hybridized carbons (Fsp3) is 0.400. The number of amides is 3. The number of para-hydroxylation sites is 1. The fourth-order valence-electron chi connectivity index (χ4n) is 3.02. The number of aromatic amines is 1. The summed E-state index contributed by atoms with van der Waals surface area (Å²) in [6.07, 6.45) is 1.79. The summed E-state index contributed by atoms with van der Waals surface area (Å²) in [6.45, 7) is 0. The summed E-state index contributed by atoms with van der Waals surface area (Å²) >= 11 is 12.0. The van der Waals surface area contributed by atoms with E-state index in [0.717, 1.165) is 16.5 Å². The predicted molar refractivity (Wildman–Crippen MR) is 135 cm³/mol. The lowest BCUT2D eigenvalue weighted by atomic mass is 10.0. The third-order valence-electron chi connectivity index (χ3n) is 4.88. The smallest absolute Gasteiger partial charge is 0.327 e. The summed E-state index contributed by atoms with van der Waals surface area (Å²) in [5.41, 5.74) is 7.22. The van der Waals surface area contributed by atoms with Crippen molar-refractivity contribution in [2.75, 3.05) is 17.3 Å². The third kappa shape index (κ3) is 7.32. The fourth-order valence-corrected chi connectivity index (χ4v) is 3.69. The molecular weight excluding hydrogens is 486 g/mol. The SMILES string of the molecule is NC(CS)C(=O)NC(CS)C(=O)NC(Cc1c[nH]c2ccccc12)C(=O)NC(CS)C(=O)O. The molecular formula is C20H27N5O5S3. The average molecular weight is 514 g/mol. The van der Waals surface area contributed by atoms with E-state index in [0.29, 0.717) is 0 Å². The summed E-state index contributed by atoms with van der Waals surface area (Å²) < 4.78 is 0. The number of fused-ring (bicyclic) bond motifs is 1. The molecule has 0 aliphatic rings. The van der Waals surface area contributed by atoms with Crippen LogP contribution in [0.5, 0.6) is 0 Å². The minimum atomic E-state index is -1.25. The van der Waals surface area contributed by atoms with Crippen LogP contribution < -0.4 is 21.7 Å². The van der Waals surface area contributed by atoms with Crippen molar-refractivity contribution in [2.24, 2.45) is 5.73 Å². The van der Waals surface area contributed by atoms with Gasteiger partial charge in [-0.15, -0.1) is 0 Å². The normalized spacial score (nSPS) is 14.7. The second kappa shape index (κ2) is 12.8. The number of benzene rings is 1. The molecule has 0 aliphatic heterocycles. The number of carboxylic acid groups (broad SMARTS) is 1. The first kappa shape index (κ1) is 26.9. The van der Waals surface area contributed by atoms with Gasteiger partial charge in [0.25, 0.3) is 0 Å². The van der Waals surface area contributed by atoms with Crippen LogP contribution >= 0.6 is 37.9 Å². The highest BCUT2D eigenvalue weighted by molar-refractivity contribution is 7.80. The van der Waals surface area contributed by atoms with Crippen LogP contribution in [0.3, 0.4) is 0 Å². The molecule has 0 saturated heterocycles. The molecule has 0 spiro atoms. The quantitative estimate of drug-likeness (QED) is 0.171. The van der Waals surface area contributed by atoms with Gasteiger partial charge in [-0.25, -0.2) is 4.79 Å². The highest BCUT2D eigenvalue weighted by Gasteiger charge is 2.30. The number of carbonyl (C=O) groups excluding carboxylic acids is 3. The highest BCUT2D eigenvalue weighted by Crippen LogP contribution is 2.19. The molecule has 33 heavy (non-hydrogen) atoms. The number of hydrogen-bond acceptors (Lipinski definition) is 8. The molecule has 10 nitrogen and oxygen atoms in total. The van der Waals surface area contributed by atoms with Gasteiger partial charge >= 0.3 is 5.97 Å². The zero-order valence-electron chi connectivity index (χ0n) is 17.5. The van der Waals surface area contributed by atoms with E-state index >= 15 is 0 Å². The molecule has 0 radical (unpaired) electrons. The van der Waals surface area contributed by atoms with Crippen molar-refractivity contribution in [1.82, 2.24) is 20.9 Å². The molecule has 4 atom stereocenters. The van der Waals surface area contributed by atoms with Gasteiger partial charge in [0.1, 0.15) is 18.1 Å². The van der Waals surface area contributed by atoms with Crippen LogP contribution in [0.2, 0.25) is 0 Å². The number of nitrogens with two attached hydrogens (primary N) is 1. The molecule has 0 aliphatic carbocycles. The first-order chi connectivity index (χ1) is 15.7. The van der Waals surface area contributed by atoms with Crippen molar-refractivity contribution >= 4 is 72.5 Å². The average Bonchev–Trinajstić information content (AvgIpc) is 3.22. The van der Waals surface area contributed by atoms with Crippen molar-refractivity contribution in [3.05, 3.63) is 36.0 Å². The number of thiol groups is 3. The second-order valence-corrected chi connectivity index (χ2v) is 8.34. The van der Waals surface area contributed by atoms with Gasteiger partial charge in [0.2, 0.25) is 17.7 Å². The number of aromatic nitrogens is 1. The molecule has 1 aromatic heterocycles. The highest BCUT2D eigenvalue weighted by atomic mass is 32.1. The maximum Gasteiger partial charge on any atom is 0.327 e. The Morgan fingerprint density at radius 2 is 1.45 bits per heavy atom. The molecule has 0 saturated carbocycles. The van der Waals surface area contributed by atoms with E-state index in [1.807, 2.05) is 24.3 Å². The van der Waals surface area contributed by atoms with Crippen LogP contribution in [0.15, 0.2) is 30.5 Å². The lowest BCUT2D eigenvalue weighted by Crippen LogP contribution is -2.58. The van der Waals surface area contributed by atoms with Crippen LogP contribution in [0.25, 0.3) is 10.9 Å². The van der Waals surface area contributed by atoms with Gasteiger partial charge in [-0.2, -0.15) is 37.9 Å². The Labute approximate surface area is 207 Å². The van der Waals surface area contributed by atoms with Crippen LogP contribution in [-0.2, 0) is 25.6 Å². The van der Waals surface area contributed by atoms with Crippen LogP contribution in [0, 0.1) is 0 Å². The molecule has 13 heteroatoms. The first-order valence-corrected chi connectivity index (χ1v) is 11.9. The number of nitrogens with one attached hydrogen (secondary N) is 4. The Balaban J connectivity index is 2.25. The van der Waals surface area contributed by atoms with Gasteiger partial charge < -0.3 is 31.8 Å². The van der Waals surface area contributed by atoms with Crippen molar-refractivity contribution in [1.29, 1.82) is 0 Å². The molecule has 1 aromatic carbocycles. The van der Waals surface area contributed by atoms with E-state index in [9.17, 15) is 24.3 Å². The third-order valence-corrected chi connectivity index (χ3v) is 6.00. The van der Waals surface area contributed by atoms with Gasteiger partial charge in [0, 0.05) is 40.8 Å². The summed E-state index contributed by atoms with van der Waals surface area (Å²) in [5.74, 6) is -3.31. The summed E-state index contributed by atoms with van der Waals surface area (Å²) in [5, 5.41) is 17.6. The lowest BCUT2D eigenvalue weighted by molar-refractivity contribution is -0.141. The molecule has 2 rings (SSSR count). The number of H-pyrrole nitrogens is 1. The summed E-state index contributed by atoms with van der Waals surface area (Å²) in [7, 11) is 0. The van der Waals surface area contributed by atoms with Crippen molar-refractivity contribution in [2.45, 2.75) is 30.6 Å². The maximum atomic E-state index is 12.9. The number of aliphatic carboxylic acids is 1. The summed E-state index contributed by atoms with van der Waals surface area (Å²) in [4.78, 5) is 52.3. The van der Waals surface area contributed by atoms with Gasteiger partial charge in [-0.1, -0.05) is 18.2 Å². The molecule has 1 heterocycles. The topological polar surface area (TPSA) is 166 Å². The monoisotopic (exact) mass is 513 g/mol. The minimum Gasteiger partial charge on any atom is -0.480 e. The Kier molecular flexibility index (Phi) is 10.4. The zero-order chi connectivity index (χ0) is 24.5. The van der Waals surface area contributed by atoms with Crippen molar-refractivity contribution in [3.8, 4) is 0 Å². The molecule has 2 aromatic rings. The largest absolute Gasteiger partial charge is 0.480 e. The van der Waals surface area contributed by atoms with Gasteiger partial charge in [0.05, 0.1) is 6.04 Å². The van der Waals surface area contributed by atoms with E-state index in [4.69, 9.17) is 5.73 Å². The van der Waals surface area contributed by atoms with Crippen molar-refractivity contribution in [3.63, 3.8) is 0 Å².